The highest BCUT2D eigenvalue weighted by molar-refractivity contribution is 5.62. The van der Waals surface area contributed by atoms with Gasteiger partial charge in [0.1, 0.15) is 6.10 Å². The first kappa shape index (κ1) is 27.1. The number of carboxylic acid groups (broad SMARTS) is 1. The van der Waals surface area contributed by atoms with E-state index in [2.05, 4.69) is 15.2 Å². The van der Waals surface area contributed by atoms with E-state index in [1.807, 2.05) is 4.90 Å². The van der Waals surface area contributed by atoms with E-state index in [1.54, 1.807) is 24.3 Å². The molecule has 1 aliphatic carbocycles. The lowest BCUT2D eigenvalue weighted by atomic mass is 9.95. The molecule has 0 unspecified atom stereocenters. The molecule has 0 amide bonds. The van der Waals surface area contributed by atoms with Gasteiger partial charge in [0.05, 0.1) is 23.9 Å². The summed E-state index contributed by atoms with van der Waals surface area (Å²) in [6, 6.07) is 6.39. The zero-order chi connectivity index (χ0) is 27.6. The molecule has 1 saturated heterocycles. The minimum absolute atomic E-state index is 0.120. The fourth-order valence-corrected chi connectivity index (χ4v) is 5.48. The fourth-order valence-electron chi connectivity index (χ4n) is 5.48. The topological polar surface area (TPSA) is 127 Å². The van der Waals surface area contributed by atoms with Gasteiger partial charge in [-0.05, 0) is 37.8 Å². The first-order valence-corrected chi connectivity index (χ1v) is 13.1. The number of carbonyl (C=O) groups is 1. The van der Waals surface area contributed by atoms with Crippen LogP contribution < -0.4 is 0 Å². The van der Waals surface area contributed by atoms with Crippen LogP contribution in [0, 0.1) is 0 Å². The Hall–Kier alpha value is -3.45. The minimum atomic E-state index is -4.64. The number of aliphatic hydroxyl groups is 1. The number of benzene rings is 1. The van der Waals surface area contributed by atoms with Gasteiger partial charge in [-0.2, -0.15) is 23.3 Å². The van der Waals surface area contributed by atoms with Crippen molar-refractivity contribution in [3.8, 4) is 22.8 Å². The molecule has 2 aromatic heterocycles. The molecule has 13 heteroatoms. The summed E-state index contributed by atoms with van der Waals surface area (Å²) in [5, 5.41) is 27.5. The molecule has 5 rings (SSSR count). The van der Waals surface area contributed by atoms with E-state index in [-0.39, 0.29) is 23.3 Å². The second kappa shape index (κ2) is 11.3. The van der Waals surface area contributed by atoms with Crippen LogP contribution in [0.3, 0.4) is 0 Å². The Morgan fingerprint density at radius 1 is 1.13 bits per heavy atom. The molecule has 39 heavy (non-hydrogen) atoms. The van der Waals surface area contributed by atoms with Gasteiger partial charge < -0.3 is 19.5 Å². The fraction of sp³-hybridized carbons (Fsp3) is 0.538. The van der Waals surface area contributed by atoms with Crippen LogP contribution in [0.5, 0.6) is 0 Å². The van der Waals surface area contributed by atoms with E-state index in [9.17, 15) is 23.1 Å². The monoisotopic (exact) mass is 549 g/mol. The van der Waals surface area contributed by atoms with Crippen LogP contribution in [-0.2, 0) is 10.9 Å². The molecular formula is C26H30F3N5O5. The van der Waals surface area contributed by atoms with Crippen molar-refractivity contribution >= 4 is 6.16 Å². The molecule has 1 saturated carbocycles. The van der Waals surface area contributed by atoms with Crippen LogP contribution in [0.4, 0.5) is 18.0 Å². The van der Waals surface area contributed by atoms with Crippen LogP contribution in [0.2, 0.25) is 0 Å². The van der Waals surface area contributed by atoms with Crippen molar-refractivity contribution < 1.29 is 37.4 Å². The average Bonchev–Trinajstić information content (AvgIpc) is 3.57. The van der Waals surface area contributed by atoms with Crippen molar-refractivity contribution in [3.05, 3.63) is 41.7 Å². The summed E-state index contributed by atoms with van der Waals surface area (Å²) in [4.78, 5) is 17.0. The Kier molecular flexibility index (Phi) is 7.89. The van der Waals surface area contributed by atoms with Gasteiger partial charge in [-0.15, -0.1) is 0 Å². The Morgan fingerprint density at radius 3 is 2.56 bits per heavy atom. The van der Waals surface area contributed by atoms with Crippen molar-refractivity contribution in [2.45, 2.75) is 69.4 Å². The summed E-state index contributed by atoms with van der Waals surface area (Å²) in [5.41, 5.74) is 0.0151. The first-order chi connectivity index (χ1) is 18.7. The van der Waals surface area contributed by atoms with Crippen molar-refractivity contribution in [3.63, 3.8) is 0 Å². The number of nitrogens with zero attached hydrogens (tertiary/aromatic N) is 5. The Labute approximate surface area is 222 Å². The third kappa shape index (κ3) is 6.25. The van der Waals surface area contributed by atoms with Crippen molar-refractivity contribution in [2.75, 3.05) is 19.6 Å². The van der Waals surface area contributed by atoms with Crippen molar-refractivity contribution in [1.82, 2.24) is 24.8 Å². The normalized spacial score (nSPS) is 20.2. The van der Waals surface area contributed by atoms with E-state index in [4.69, 9.17) is 14.4 Å². The van der Waals surface area contributed by atoms with E-state index in [0.29, 0.717) is 43.5 Å². The Balaban J connectivity index is 1.29. The number of β-amino-alcohol motifs (C(OH)–C–C–N with tert-alkyl or cyclic N) is 1. The van der Waals surface area contributed by atoms with Gasteiger partial charge in [0.15, 0.2) is 5.69 Å². The summed E-state index contributed by atoms with van der Waals surface area (Å²) in [6.45, 7) is 1.43. The molecule has 3 heterocycles. The van der Waals surface area contributed by atoms with Gasteiger partial charge in [0.2, 0.25) is 5.82 Å². The average molecular weight is 550 g/mol. The zero-order valence-corrected chi connectivity index (χ0v) is 21.2. The predicted octanol–water partition coefficient (Wildman–Crippen LogP) is 5.32. The van der Waals surface area contributed by atoms with Gasteiger partial charge in [-0.3, -0.25) is 9.58 Å². The molecule has 0 spiro atoms. The van der Waals surface area contributed by atoms with E-state index in [0.717, 1.165) is 43.1 Å². The van der Waals surface area contributed by atoms with Gasteiger partial charge in [0, 0.05) is 18.7 Å². The third-order valence-corrected chi connectivity index (χ3v) is 7.36. The number of aliphatic hydroxyl groups excluding tert-OH is 1. The molecule has 10 nitrogen and oxygen atoms in total. The lowest BCUT2D eigenvalue weighted by Crippen LogP contribution is -2.42. The van der Waals surface area contributed by atoms with E-state index < -0.39 is 30.2 Å². The molecule has 2 N–H and O–H groups in total. The molecule has 2 atom stereocenters. The van der Waals surface area contributed by atoms with Crippen LogP contribution in [0.1, 0.15) is 68.3 Å². The molecule has 210 valence electrons. The maximum Gasteiger partial charge on any atom is 0.506 e. The number of hydrogen-bond acceptors (Lipinski definition) is 8. The minimum Gasteiger partial charge on any atom is -0.450 e. The number of alkyl halides is 3. The Bertz CT molecular complexity index is 1270. The second-order valence-corrected chi connectivity index (χ2v) is 10.1. The molecule has 0 bridgehead atoms. The van der Waals surface area contributed by atoms with Crippen LogP contribution in [0.15, 0.2) is 35.0 Å². The number of likely N-dealkylation sites (tertiary alicyclic amines) is 1. The first-order valence-electron chi connectivity index (χ1n) is 13.1. The zero-order valence-electron chi connectivity index (χ0n) is 21.2. The molecule has 2 aliphatic rings. The summed E-state index contributed by atoms with van der Waals surface area (Å²) in [5.74, 6) is -0.138. The smallest absolute Gasteiger partial charge is 0.450 e. The van der Waals surface area contributed by atoms with Gasteiger partial charge in [-0.1, -0.05) is 48.7 Å². The number of rotatable bonds is 7. The largest absolute Gasteiger partial charge is 0.506 e. The molecule has 0 radical (unpaired) electrons. The number of ether oxygens (including phenoxy) is 1. The predicted molar refractivity (Wildman–Crippen MR) is 132 cm³/mol. The van der Waals surface area contributed by atoms with Gasteiger partial charge in [0.25, 0.3) is 5.89 Å². The van der Waals surface area contributed by atoms with E-state index in [1.165, 1.54) is 0 Å². The number of piperidine rings is 1. The lowest BCUT2D eigenvalue weighted by Gasteiger charge is -2.33. The molecule has 1 aliphatic heterocycles. The SMILES string of the molecule is O=C(O)O[C@H]1CCCN(C[C@@H](O)c2ccc(-c3noc(-c4cnn(C5CCCCC5)c4C(F)(F)F)n3)cc2)C1. The maximum absolute atomic E-state index is 14.1. The van der Waals surface area contributed by atoms with Gasteiger partial charge >= 0.3 is 12.3 Å². The van der Waals surface area contributed by atoms with Crippen molar-refractivity contribution in [2.24, 2.45) is 0 Å². The lowest BCUT2D eigenvalue weighted by molar-refractivity contribution is -0.144. The maximum atomic E-state index is 14.1. The summed E-state index contributed by atoms with van der Waals surface area (Å²) < 4.78 is 53.4. The molecule has 3 aromatic rings. The Morgan fingerprint density at radius 2 is 1.87 bits per heavy atom. The second-order valence-electron chi connectivity index (χ2n) is 10.1. The third-order valence-electron chi connectivity index (χ3n) is 7.36. The van der Waals surface area contributed by atoms with Crippen LogP contribution in [0.25, 0.3) is 22.8 Å². The highest BCUT2D eigenvalue weighted by Crippen LogP contribution is 2.40. The van der Waals surface area contributed by atoms with Crippen LogP contribution in [-0.4, -0.2) is 66.9 Å². The number of aromatic nitrogens is 4. The quantitative estimate of drug-likeness (QED) is 0.377. The summed E-state index contributed by atoms with van der Waals surface area (Å²) >= 11 is 0. The number of halogens is 3. The highest BCUT2D eigenvalue weighted by Gasteiger charge is 2.41. The molecular weight excluding hydrogens is 519 g/mol. The van der Waals surface area contributed by atoms with E-state index >= 15 is 0 Å². The van der Waals surface area contributed by atoms with Gasteiger partial charge in [-0.25, -0.2) is 4.79 Å². The molecule has 1 aromatic carbocycles. The molecule has 2 fully saturated rings. The van der Waals surface area contributed by atoms with Crippen LogP contribution >= 0.6 is 0 Å². The van der Waals surface area contributed by atoms with Crippen molar-refractivity contribution in [1.29, 1.82) is 0 Å². The number of hydrogen-bond donors (Lipinski definition) is 2. The standard InChI is InChI=1S/C26H30F3N5O5/c27-26(28,29)22-20(13-30-34(22)18-5-2-1-3-6-18)24-31-23(32-39-24)17-10-8-16(9-11-17)21(35)15-33-12-4-7-19(14-33)38-25(36)37/h8-11,13,18-19,21,35H,1-7,12,14-15H2,(H,36,37)/t19-,21+/m0/s1. The summed E-state index contributed by atoms with van der Waals surface area (Å²) in [6.07, 6.45) is -0.623. The summed E-state index contributed by atoms with van der Waals surface area (Å²) in [7, 11) is 0. The highest BCUT2D eigenvalue weighted by atomic mass is 19.4.